The Hall–Kier alpha value is -1.81. The van der Waals surface area contributed by atoms with Gasteiger partial charge in [-0.1, -0.05) is 0 Å². The number of halogens is 2. The molecule has 2 heterocycles. The first-order chi connectivity index (χ1) is 12.5. The molecule has 4 N–H and O–H groups in total. The first-order valence-corrected chi connectivity index (χ1v) is 8.68. The van der Waals surface area contributed by atoms with Crippen LogP contribution in [-0.2, 0) is 4.74 Å². The van der Waals surface area contributed by atoms with E-state index in [4.69, 9.17) is 4.74 Å². The van der Waals surface area contributed by atoms with E-state index >= 15 is 0 Å². The molecule has 1 aromatic rings. The van der Waals surface area contributed by atoms with Crippen LogP contribution >= 0.6 is 0 Å². The van der Waals surface area contributed by atoms with Crippen LogP contribution in [0.15, 0.2) is 18.2 Å². The molecule has 0 saturated carbocycles. The van der Waals surface area contributed by atoms with Gasteiger partial charge in [-0.25, -0.2) is 13.6 Å². The van der Waals surface area contributed by atoms with Crippen molar-refractivity contribution in [2.24, 2.45) is 0 Å². The predicted octanol–water partition coefficient (Wildman–Crippen LogP) is 0.671. The monoisotopic (exact) mass is 371 g/mol. The van der Waals surface area contributed by atoms with Crippen molar-refractivity contribution in [3.8, 4) is 0 Å². The van der Waals surface area contributed by atoms with Crippen molar-refractivity contribution < 1.29 is 28.5 Å². The molecule has 2 fully saturated rings. The van der Waals surface area contributed by atoms with Crippen molar-refractivity contribution >= 4 is 11.7 Å². The lowest BCUT2D eigenvalue weighted by Crippen LogP contribution is -2.50. The molecular formula is C17H23F2N3O4. The van der Waals surface area contributed by atoms with Gasteiger partial charge in [0.05, 0.1) is 24.4 Å². The molecule has 4 atom stereocenters. The van der Waals surface area contributed by atoms with E-state index in [-0.39, 0.29) is 24.9 Å². The molecule has 0 aromatic heterocycles. The molecule has 7 nitrogen and oxygen atoms in total. The number of aliphatic hydroxyl groups excluding tert-OH is 2. The zero-order valence-electron chi connectivity index (χ0n) is 14.2. The number of anilines is 1. The first kappa shape index (κ1) is 19.0. The summed E-state index contributed by atoms with van der Waals surface area (Å²) in [6.45, 7) is 1.43. The molecule has 9 heteroatoms. The van der Waals surface area contributed by atoms with E-state index in [2.05, 4.69) is 15.5 Å². The summed E-state index contributed by atoms with van der Waals surface area (Å²) in [7, 11) is 0. The summed E-state index contributed by atoms with van der Waals surface area (Å²) in [5.41, 5.74) is -0.138. The standard InChI is InChI=1S/C17H23F2N3O4/c18-10-3-4-12(11(19)7-10)21-17(25)20-8-13-15(22-5-1-2-6-22)16(24)14(9-23)26-13/h3-4,7,13-16,23-24H,1-2,5-6,8-9H2,(H2,20,21,25). The van der Waals surface area contributed by atoms with E-state index in [0.717, 1.165) is 38.1 Å². The molecule has 2 aliphatic heterocycles. The number of likely N-dealkylation sites (tertiary alicyclic amines) is 1. The zero-order valence-corrected chi connectivity index (χ0v) is 14.2. The highest BCUT2D eigenvalue weighted by Gasteiger charge is 2.46. The van der Waals surface area contributed by atoms with Crippen LogP contribution in [0.4, 0.5) is 19.3 Å². The maximum Gasteiger partial charge on any atom is 0.319 e. The van der Waals surface area contributed by atoms with Gasteiger partial charge in [0.25, 0.3) is 0 Å². The minimum Gasteiger partial charge on any atom is -0.394 e. The number of nitrogens with one attached hydrogen (secondary N) is 2. The van der Waals surface area contributed by atoms with Crippen molar-refractivity contribution in [2.45, 2.75) is 37.2 Å². The molecule has 1 aromatic carbocycles. The molecule has 26 heavy (non-hydrogen) atoms. The van der Waals surface area contributed by atoms with Crippen molar-refractivity contribution in [1.82, 2.24) is 10.2 Å². The number of nitrogens with zero attached hydrogens (tertiary/aromatic N) is 1. The maximum absolute atomic E-state index is 13.6. The number of ether oxygens (including phenoxy) is 1. The Kier molecular flexibility index (Phi) is 6.02. The van der Waals surface area contributed by atoms with E-state index in [1.54, 1.807) is 0 Å². The summed E-state index contributed by atoms with van der Waals surface area (Å²) in [6.07, 6.45) is 0.00574. The second kappa shape index (κ2) is 8.26. The minimum atomic E-state index is -0.872. The molecule has 0 spiro atoms. The number of aliphatic hydroxyl groups is 2. The van der Waals surface area contributed by atoms with Gasteiger partial charge in [0.2, 0.25) is 0 Å². The maximum atomic E-state index is 13.6. The van der Waals surface area contributed by atoms with Gasteiger partial charge in [0.1, 0.15) is 23.8 Å². The highest BCUT2D eigenvalue weighted by Crippen LogP contribution is 2.28. The van der Waals surface area contributed by atoms with Gasteiger partial charge in [0, 0.05) is 12.6 Å². The zero-order chi connectivity index (χ0) is 18.7. The second-order valence-electron chi connectivity index (χ2n) is 6.58. The Morgan fingerprint density at radius 2 is 2.00 bits per heavy atom. The van der Waals surface area contributed by atoms with Gasteiger partial charge in [-0.3, -0.25) is 4.90 Å². The van der Waals surface area contributed by atoms with Crippen molar-refractivity contribution in [3.05, 3.63) is 29.8 Å². The minimum absolute atomic E-state index is 0.0867. The lowest BCUT2D eigenvalue weighted by Gasteiger charge is -2.30. The Bertz CT molecular complexity index is 642. The number of hydrogen-bond donors (Lipinski definition) is 4. The molecule has 2 saturated heterocycles. The molecular weight excluding hydrogens is 348 g/mol. The number of rotatable bonds is 5. The lowest BCUT2D eigenvalue weighted by atomic mass is 10.0. The van der Waals surface area contributed by atoms with Crippen LogP contribution in [0.25, 0.3) is 0 Å². The van der Waals surface area contributed by atoms with Gasteiger partial charge in [-0.05, 0) is 38.1 Å². The van der Waals surface area contributed by atoms with Crippen LogP contribution in [0, 0.1) is 11.6 Å². The van der Waals surface area contributed by atoms with Crippen LogP contribution < -0.4 is 10.6 Å². The topological polar surface area (TPSA) is 94.1 Å². The highest BCUT2D eigenvalue weighted by atomic mass is 19.1. The fourth-order valence-electron chi connectivity index (χ4n) is 3.59. The summed E-state index contributed by atoms with van der Waals surface area (Å²) in [5.74, 6) is -1.60. The summed E-state index contributed by atoms with van der Waals surface area (Å²) in [4.78, 5) is 14.1. The lowest BCUT2D eigenvalue weighted by molar-refractivity contribution is -0.0205. The normalized spacial score (nSPS) is 29.1. The summed E-state index contributed by atoms with van der Waals surface area (Å²) >= 11 is 0. The second-order valence-corrected chi connectivity index (χ2v) is 6.58. The average Bonchev–Trinajstić information content (AvgIpc) is 3.23. The molecule has 2 aliphatic rings. The van der Waals surface area contributed by atoms with Crippen LogP contribution in [0.1, 0.15) is 12.8 Å². The van der Waals surface area contributed by atoms with Crippen LogP contribution in [-0.4, -0.2) is 71.7 Å². The molecule has 0 radical (unpaired) electrons. The molecule has 0 aliphatic carbocycles. The van der Waals surface area contributed by atoms with Gasteiger partial charge in [-0.15, -0.1) is 0 Å². The number of hydrogen-bond acceptors (Lipinski definition) is 5. The Morgan fingerprint density at radius 1 is 1.27 bits per heavy atom. The molecule has 2 amide bonds. The van der Waals surface area contributed by atoms with E-state index in [0.29, 0.717) is 6.07 Å². The highest BCUT2D eigenvalue weighted by molar-refractivity contribution is 5.89. The van der Waals surface area contributed by atoms with Gasteiger partial charge in [-0.2, -0.15) is 0 Å². The van der Waals surface area contributed by atoms with Gasteiger partial charge >= 0.3 is 6.03 Å². The fraction of sp³-hybridized carbons (Fsp3) is 0.588. The van der Waals surface area contributed by atoms with E-state index in [1.165, 1.54) is 0 Å². The Morgan fingerprint density at radius 3 is 2.65 bits per heavy atom. The number of carbonyl (C=O) groups excluding carboxylic acids is 1. The SMILES string of the molecule is O=C(NCC1OC(CO)C(O)C1N1CCCC1)Nc1ccc(F)cc1F. The molecule has 4 unspecified atom stereocenters. The van der Waals surface area contributed by atoms with Crippen molar-refractivity contribution in [2.75, 3.05) is 31.6 Å². The number of benzene rings is 1. The third kappa shape index (κ3) is 4.12. The predicted molar refractivity (Wildman–Crippen MR) is 89.7 cm³/mol. The van der Waals surface area contributed by atoms with Crippen LogP contribution in [0.5, 0.6) is 0 Å². The number of urea groups is 1. The van der Waals surface area contributed by atoms with Crippen LogP contribution in [0.2, 0.25) is 0 Å². The van der Waals surface area contributed by atoms with E-state index in [1.807, 2.05) is 0 Å². The quantitative estimate of drug-likeness (QED) is 0.611. The molecule has 3 rings (SSSR count). The first-order valence-electron chi connectivity index (χ1n) is 8.68. The van der Waals surface area contributed by atoms with Gasteiger partial charge in [0.15, 0.2) is 0 Å². The number of carbonyl (C=O) groups is 1. The van der Waals surface area contributed by atoms with E-state index in [9.17, 15) is 23.8 Å². The smallest absolute Gasteiger partial charge is 0.319 e. The summed E-state index contributed by atoms with van der Waals surface area (Å²) in [6, 6.07) is 1.87. The molecule has 144 valence electrons. The molecule has 0 bridgehead atoms. The van der Waals surface area contributed by atoms with Crippen molar-refractivity contribution in [3.63, 3.8) is 0 Å². The largest absolute Gasteiger partial charge is 0.394 e. The fourth-order valence-corrected chi connectivity index (χ4v) is 3.59. The number of amides is 2. The third-order valence-electron chi connectivity index (χ3n) is 4.85. The Balaban J connectivity index is 1.58. The summed E-state index contributed by atoms with van der Waals surface area (Å²) < 4.78 is 32.2. The van der Waals surface area contributed by atoms with Gasteiger partial charge < -0.3 is 25.6 Å². The van der Waals surface area contributed by atoms with E-state index < -0.39 is 36.0 Å². The third-order valence-corrected chi connectivity index (χ3v) is 4.85. The summed E-state index contributed by atoms with van der Waals surface area (Å²) in [5, 5.41) is 24.7. The average molecular weight is 371 g/mol. The van der Waals surface area contributed by atoms with Crippen LogP contribution in [0.3, 0.4) is 0 Å². The Labute approximate surface area is 149 Å². The van der Waals surface area contributed by atoms with Crippen molar-refractivity contribution in [1.29, 1.82) is 0 Å².